The third-order valence-electron chi connectivity index (χ3n) is 1.68. The van der Waals surface area contributed by atoms with E-state index >= 15 is 0 Å². The fraction of sp³-hybridized carbons (Fsp3) is 0.111. The predicted molar refractivity (Wildman–Crippen MR) is 56.0 cm³/mol. The Bertz CT molecular complexity index is 395. The van der Waals surface area contributed by atoms with Crippen LogP contribution in [-0.2, 0) is 4.79 Å². The molecule has 5 nitrogen and oxygen atoms in total. The molecular weight excluding hydrogens is 220 g/mol. The van der Waals surface area contributed by atoms with Crippen LogP contribution >= 0.6 is 11.6 Å². The number of anilines is 1. The molecule has 0 fully saturated rings. The van der Waals surface area contributed by atoms with Crippen molar-refractivity contribution in [1.29, 1.82) is 0 Å². The molecule has 1 aromatic carbocycles. The van der Waals surface area contributed by atoms with E-state index in [9.17, 15) is 9.59 Å². The minimum atomic E-state index is -1.14. The van der Waals surface area contributed by atoms with Gasteiger partial charge < -0.3 is 10.8 Å². The van der Waals surface area contributed by atoms with Gasteiger partial charge in [0.2, 0.25) is 0 Å². The molecule has 80 valence electrons. The first-order valence-corrected chi connectivity index (χ1v) is 4.43. The zero-order valence-electron chi connectivity index (χ0n) is 7.68. The minimum absolute atomic E-state index is 0.359. The lowest BCUT2D eigenvalue weighted by Crippen LogP contribution is -2.39. The van der Waals surface area contributed by atoms with E-state index in [4.69, 9.17) is 22.4 Å². The number of carboxylic acids is 1. The van der Waals surface area contributed by atoms with E-state index in [0.29, 0.717) is 10.7 Å². The number of carboxylic acid groups (broad SMARTS) is 1. The summed E-state index contributed by atoms with van der Waals surface area (Å²) >= 11 is 5.70. The van der Waals surface area contributed by atoms with Crippen LogP contribution in [-0.4, -0.2) is 23.7 Å². The number of carbonyl (C=O) groups excluding carboxylic acids is 1. The Balaban J connectivity index is 2.98. The molecule has 0 heterocycles. The van der Waals surface area contributed by atoms with Crippen LogP contribution < -0.4 is 10.6 Å². The van der Waals surface area contributed by atoms with E-state index in [1.807, 2.05) is 0 Å². The Morgan fingerprint density at radius 3 is 2.60 bits per heavy atom. The highest BCUT2D eigenvalue weighted by molar-refractivity contribution is 6.30. The maximum atomic E-state index is 11.0. The van der Waals surface area contributed by atoms with Crippen LogP contribution in [0.25, 0.3) is 0 Å². The molecule has 0 radical (unpaired) electrons. The number of hydrogen-bond acceptors (Lipinski definition) is 2. The van der Waals surface area contributed by atoms with Crippen LogP contribution in [0.1, 0.15) is 0 Å². The maximum Gasteiger partial charge on any atom is 0.323 e. The molecule has 15 heavy (non-hydrogen) atoms. The number of amides is 2. The average molecular weight is 229 g/mol. The number of primary amides is 1. The van der Waals surface area contributed by atoms with Gasteiger partial charge in [-0.25, -0.2) is 4.79 Å². The van der Waals surface area contributed by atoms with E-state index in [1.165, 1.54) is 6.07 Å². The summed E-state index contributed by atoms with van der Waals surface area (Å²) in [4.78, 5) is 22.4. The van der Waals surface area contributed by atoms with Crippen molar-refractivity contribution >= 4 is 29.3 Å². The molecule has 6 heteroatoms. The fourth-order valence-electron chi connectivity index (χ4n) is 1.08. The summed E-state index contributed by atoms with van der Waals surface area (Å²) in [5.74, 6) is -1.14. The summed E-state index contributed by atoms with van der Waals surface area (Å²) in [6.07, 6.45) is 0. The lowest BCUT2D eigenvalue weighted by Gasteiger charge is -2.18. The van der Waals surface area contributed by atoms with Crippen LogP contribution in [0.5, 0.6) is 0 Å². The second-order valence-electron chi connectivity index (χ2n) is 2.80. The molecule has 0 aliphatic heterocycles. The van der Waals surface area contributed by atoms with Gasteiger partial charge in [-0.3, -0.25) is 9.69 Å². The first-order valence-electron chi connectivity index (χ1n) is 4.05. The summed E-state index contributed by atoms with van der Waals surface area (Å²) in [6.45, 7) is -0.490. The summed E-state index contributed by atoms with van der Waals surface area (Å²) in [5, 5.41) is 8.99. The normalized spacial score (nSPS) is 9.67. The number of aliphatic carboxylic acids is 1. The van der Waals surface area contributed by atoms with Crippen LogP contribution in [0, 0.1) is 0 Å². The molecule has 0 bridgehead atoms. The molecule has 3 N–H and O–H groups in total. The number of benzene rings is 1. The SMILES string of the molecule is NC(=O)N(CC(=O)O)c1cccc(Cl)c1. The Hall–Kier alpha value is -1.75. The molecule has 0 saturated carbocycles. The minimum Gasteiger partial charge on any atom is -0.480 e. The van der Waals surface area contributed by atoms with Crippen molar-refractivity contribution < 1.29 is 14.7 Å². The van der Waals surface area contributed by atoms with Crippen molar-refractivity contribution in [3.8, 4) is 0 Å². The van der Waals surface area contributed by atoms with Crippen molar-refractivity contribution in [3.05, 3.63) is 29.3 Å². The van der Waals surface area contributed by atoms with Gasteiger partial charge in [0.1, 0.15) is 6.54 Å². The highest BCUT2D eigenvalue weighted by atomic mass is 35.5. The number of urea groups is 1. The molecule has 0 atom stereocenters. The fourth-order valence-corrected chi connectivity index (χ4v) is 1.26. The molecule has 0 aliphatic rings. The molecule has 0 aliphatic carbocycles. The molecule has 1 aromatic rings. The molecule has 2 amide bonds. The molecule has 1 rings (SSSR count). The van der Waals surface area contributed by atoms with Gasteiger partial charge in [-0.05, 0) is 18.2 Å². The zero-order chi connectivity index (χ0) is 11.4. The monoisotopic (exact) mass is 228 g/mol. The predicted octanol–water partition coefficient (Wildman–Crippen LogP) is 1.31. The van der Waals surface area contributed by atoms with E-state index < -0.39 is 18.5 Å². The lowest BCUT2D eigenvalue weighted by atomic mass is 10.3. The van der Waals surface area contributed by atoms with Crippen LogP contribution in [0.2, 0.25) is 5.02 Å². The van der Waals surface area contributed by atoms with Gasteiger partial charge in [-0.15, -0.1) is 0 Å². The number of hydrogen-bond donors (Lipinski definition) is 2. The maximum absolute atomic E-state index is 11.0. The Morgan fingerprint density at radius 2 is 2.13 bits per heavy atom. The number of carbonyl (C=O) groups is 2. The molecule has 0 aromatic heterocycles. The van der Waals surface area contributed by atoms with Crippen molar-refractivity contribution in [2.45, 2.75) is 0 Å². The van der Waals surface area contributed by atoms with Crippen molar-refractivity contribution in [2.24, 2.45) is 5.73 Å². The third-order valence-corrected chi connectivity index (χ3v) is 1.91. The van der Waals surface area contributed by atoms with Crippen molar-refractivity contribution in [2.75, 3.05) is 11.4 Å². The third kappa shape index (κ3) is 3.14. The van der Waals surface area contributed by atoms with E-state index in [2.05, 4.69) is 0 Å². The second-order valence-corrected chi connectivity index (χ2v) is 3.23. The summed E-state index contributed by atoms with van der Waals surface area (Å²) in [5.41, 5.74) is 5.41. The molecular formula is C9H9ClN2O3. The van der Waals surface area contributed by atoms with Crippen molar-refractivity contribution in [3.63, 3.8) is 0 Å². The summed E-state index contributed by atoms with van der Waals surface area (Å²) in [6, 6.07) is 5.41. The number of nitrogens with two attached hydrogens (primary N) is 1. The highest BCUT2D eigenvalue weighted by Crippen LogP contribution is 2.18. The highest BCUT2D eigenvalue weighted by Gasteiger charge is 2.15. The van der Waals surface area contributed by atoms with Crippen LogP contribution in [0.4, 0.5) is 10.5 Å². The topological polar surface area (TPSA) is 83.6 Å². The molecule has 0 saturated heterocycles. The number of halogens is 1. The van der Waals surface area contributed by atoms with Crippen LogP contribution in [0.3, 0.4) is 0 Å². The van der Waals surface area contributed by atoms with E-state index in [0.717, 1.165) is 4.90 Å². The summed E-state index contributed by atoms with van der Waals surface area (Å²) in [7, 11) is 0. The molecule has 0 spiro atoms. The standard InChI is InChI=1S/C9H9ClN2O3/c10-6-2-1-3-7(4-6)12(9(11)15)5-8(13)14/h1-4H,5H2,(H2,11,15)(H,13,14). The first-order chi connectivity index (χ1) is 7.00. The van der Waals surface area contributed by atoms with Crippen LogP contribution in [0.15, 0.2) is 24.3 Å². The van der Waals surface area contributed by atoms with Gasteiger partial charge in [-0.1, -0.05) is 17.7 Å². The largest absolute Gasteiger partial charge is 0.480 e. The zero-order valence-corrected chi connectivity index (χ0v) is 8.44. The first kappa shape index (κ1) is 11.3. The van der Waals surface area contributed by atoms with Gasteiger partial charge in [0, 0.05) is 10.7 Å². The Labute approximate surface area is 91.0 Å². The van der Waals surface area contributed by atoms with Gasteiger partial charge in [0.15, 0.2) is 0 Å². The lowest BCUT2D eigenvalue weighted by molar-refractivity contribution is -0.135. The van der Waals surface area contributed by atoms with E-state index in [1.54, 1.807) is 18.2 Å². The second kappa shape index (κ2) is 4.65. The van der Waals surface area contributed by atoms with Gasteiger partial charge in [0.05, 0.1) is 0 Å². The Morgan fingerprint density at radius 1 is 1.47 bits per heavy atom. The summed E-state index contributed by atoms with van der Waals surface area (Å²) < 4.78 is 0. The van der Waals surface area contributed by atoms with Gasteiger partial charge in [-0.2, -0.15) is 0 Å². The van der Waals surface area contributed by atoms with Gasteiger partial charge in [0.25, 0.3) is 0 Å². The smallest absolute Gasteiger partial charge is 0.323 e. The Kier molecular flexibility index (Phi) is 3.51. The van der Waals surface area contributed by atoms with E-state index in [-0.39, 0.29) is 0 Å². The van der Waals surface area contributed by atoms with Crippen molar-refractivity contribution in [1.82, 2.24) is 0 Å². The molecule has 0 unspecified atom stereocenters. The number of nitrogens with zero attached hydrogens (tertiary/aromatic N) is 1. The average Bonchev–Trinajstić information content (AvgIpc) is 2.13. The quantitative estimate of drug-likeness (QED) is 0.818. The number of rotatable bonds is 3. The van der Waals surface area contributed by atoms with Gasteiger partial charge >= 0.3 is 12.0 Å².